The number of nitrogens with one attached hydrogen (secondary N) is 1. The molecule has 1 amide bonds. The van der Waals surface area contributed by atoms with Crippen LogP contribution in [0.5, 0.6) is 11.5 Å². The molecular formula is C28H33N3O5S. The molecular weight excluding hydrogens is 490 g/mol. The molecule has 0 aromatic heterocycles. The van der Waals surface area contributed by atoms with E-state index in [0.717, 1.165) is 17.0 Å². The predicted molar refractivity (Wildman–Crippen MR) is 144 cm³/mol. The number of sulfonamides is 1. The molecule has 0 radical (unpaired) electrons. The minimum absolute atomic E-state index is 0.0890. The first-order chi connectivity index (χ1) is 17.9. The first-order valence-electron chi connectivity index (χ1n) is 12.4. The second kappa shape index (κ2) is 12.1. The van der Waals surface area contributed by atoms with Gasteiger partial charge in [-0.15, -0.1) is 0 Å². The van der Waals surface area contributed by atoms with Crippen molar-refractivity contribution in [3.63, 3.8) is 0 Å². The first kappa shape index (κ1) is 26.5. The topological polar surface area (TPSA) is 88.2 Å². The number of methoxy groups -OCH3 is 1. The third-order valence-electron chi connectivity index (χ3n) is 6.35. The summed E-state index contributed by atoms with van der Waals surface area (Å²) in [6.45, 7) is 4.66. The Morgan fingerprint density at radius 2 is 1.51 bits per heavy atom. The molecule has 196 valence electrons. The highest BCUT2D eigenvalue weighted by Gasteiger charge is 2.31. The third kappa shape index (κ3) is 6.81. The van der Waals surface area contributed by atoms with Gasteiger partial charge < -0.3 is 19.3 Å². The van der Waals surface area contributed by atoms with Crippen molar-refractivity contribution < 1.29 is 22.7 Å². The molecule has 9 heteroatoms. The fourth-order valence-corrected chi connectivity index (χ4v) is 5.55. The van der Waals surface area contributed by atoms with E-state index < -0.39 is 16.1 Å². The van der Waals surface area contributed by atoms with E-state index in [9.17, 15) is 13.2 Å². The Kier molecular flexibility index (Phi) is 8.68. The Hall–Kier alpha value is -3.56. The van der Waals surface area contributed by atoms with Crippen LogP contribution < -0.4 is 19.1 Å². The number of rotatable bonds is 10. The number of nitrogens with zero attached hydrogens (tertiary/aromatic N) is 2. The number of ether oxygens (including phenoxy) is 2. The van der Waals surface area contributed by atoms with Crippen molar-refractivity contribution in [3.8, 4) is 11.5 Å². The van der Waals surface area contributed by atoms with Crippen molar-refractivity contribution in [2.45, 2.75) is 24.3 Å². The van der Waals surface area contributed by atoms with Gasteiger partial charge >= 0.3 is 0 Å². The summed E-state index contributed by atoms with van der Waals surface area (Å²) in [6.07, 6.45) is 0.259. The van der Waals surface area contributed by atoms with Crippen molar-refractivity contribution in [1.82, 2.24) is 9.62 Å². The van der Waals surface area contributed by atoms with Crippen LogP contribution in [0.1, 0.15) is 12.5 Å². The zero-order valence-corrected chi connectivity index (χ0v) is 22.0. The van der Waals surface area contributed by atoms with Crippen LogP contribution in [0.4, 0.5) is 5.69 Å². The molecule has 0 bridgehead atoms. The monoisotopic (exact) mass is 523 g/mol. The molecule has 1 aliphatic rings. The van der Waals surface area contributed by atoms with Crippen LogP contribution in [0.15, 0.2) is 83.8 Å². The molecule has 3 aromatic carbocycles. The molecule has 37 heavy (non-hydrogen) atoms. The minimum atomic E-state index is -3.93. The minimum Gasteiger partial charge on any atom is -0.497 e. The number of carbonyl (C=O) groups is 1. The lowest BCUT2D eigenvalue weighted by Gasteiger charge is -2.37. The van der Waals surface area contributed by atoms with Crippen LogP contribution in [0, 0.1) is 0 Å². The average Bonchev–Trinajstić information content (AvgIpc) is 2.93. The Morgan fingerprint density at radius 1 is 0.892 bits per heavy atom. The van der Waals surface area contributed by atoms with Crippen molar-refractivity contribution in [2.75, 3.05) is 44.8 Å². The van der Waals surface area contributed by atoms with E-state index in [1.165, 1.54) is 12.1 Å². The van der Waals surface area contributed by atoms with Gasteiger partial charge in [0.1, 0.15) is 17.5 Å². The molecule has 4 rings (SSSR count). The van der Waals surface area contributed by atoms with E-state index in [4.69, 9.17) is 9.47 Å². The third-order valence-corrected chi connectivity index (χ3v) is 7.84. The van der Waals surface area contributed by atoms with Gasteiger partial charge in [0, 0.05) is 31.9 Å². The van der Waals surface area contributed by atoms with Crippen LogP contribution >= 0.6 is 0 Å². The van der Waals surface area contributed by atoms with Crippen LogP contribution in [-0.2, 0) is 21.2 Å². The maximum Gasteiger partial charge on any atom is 0.241 e. The Labute approximate surface area is 218 Å². The summed E-state index contributed by atoms with van der Waals surface area (Å²) in [4.78, 5) is 17.7. The molecule has 0 unspecified atom stereocenters. The summed E-state index contributed by atoms with van der Waals surface area (Å²) in [5, 5.41) is 0. The first-order valence-corrected chi connectivity index (χ1v) is 13.8. The predicted octanol–water partition coefficient (Wildman–Crippen LogP) is 3.33. The second-order valence-electron chi connectivity index (χ2n) is 8.78. The number of anilines is 1. The fourth-order valence-electron chi connectivity index (χ4n) is 4.36. The fraction of sp³-hybridized carbons (Fsp3) is 0.321. The van der Waals surface area contributed by atoms with Crippen LogP contribution in [0.2, 0.25) is 0 Å². The van der Waals surface area contributed by atoms with Gasteiger partial charge in [-0.2, -0.15) is 4.72 Å². The van der Waals surface area contributed by atoms with Gasteiger partial charge in [-0.25, -0.2) is 8.42 Å². The number of amides is 1. The maximum absolute atomic E-state index is 13.6. The summed E-state index contributed by atoms with van der Waals surface area (Å²) in [6, 6.07) is 22.6. The summed E-state index contributed by atoms with van der Waals surface area (Å²) in [5.74, 6) is 1.15. The van der Waals surface area contributed by atoms with Crippen molar-refractivity contribution in [1.29, 1.82) is 0 Å². The highest BCUT2D eigenvalue weighted by molar-refractivity contribution is 7.89. The number of hydrogen-bond acceptors (Lipinski definition) is 6. The van der Waals surface area contributed by atoms with Gasteiger partial charge in [0.2, 0.25) is 15.9 Å². The normalized spacial score (nSPS) is 14.8. The van der Waals surface area contributed by atoms with E-state index in [1.807, 2.05) is 61.5 Å². The molecule has 1 N–H and O–H groups in total. The Bertz CT molecular complexity index is 1260. The summed E-state index contributed by atoms with van der Waals surface area (Å²) in [5.41, 5.74) is 1.94. The van der Waals surface area contributed by atoms with E-state index in [-0.39, 0.29) is 17.2 Å². The smallest absolute Gasteiger partial charge is 0.241 e. The molecule has 0 spiro atoms. The summed E-state index contributed by atoms with van der Waals surface area (Å²) >= 11 is 0. The number of carbonyl (C=O) groups excluding carboxylic acids is 1. The van der Waals surface area contributed by atoms with E-state index in [1.54, 1.807) is 24.1 Å². The van der Waals surface area contributed by atoms with Gasteiger partial charge in [-0.3, -0.25) is 4.79 Å². The molecule has 1 saturated heterocycles. The zero-order chi connectivity index (χ0) is 26.3. The van der Waals surface area contributed by atoms with Crippen LogP contribution in [0.3, 0.4) is 0 Å². The van der Waals surface area contributed by atoms with E-state index in [2.05, 4.69) is 9.62 Å². The Balaban J connectivity index is 1.48. The van der Waals surface area contributed by atoms with Crippen molar-refractivity contribution >= 4 is 21.6 Å². The standard InChI is InChI=1S/C28H33N3O5S/c1-3-36-25-13-15-26(16-14-25)37(33,34)29-27(21-22-7-5-4-6-8-22)28(32)31-19-17-30(18-20-31)23-9-11-24(35-2)12-10-23/h4-16,27,29H,3,17-21H2,1-2H3/t27-/m1/s1. The largest absolute Gasteiger partial charge is 0.497 e. The van der Waals surface area contributed by atoms with Crippen LogP contribution in [-0.4, -0.2) is 65.2 Å². The quantitative estimate of drug-likeness (QED) is 0.439. The van der Waals surface area contributed by atoms with Crippen molar-refractivity contribution in [3.05, 3.63) is 84.4 Å². The maximum atomic E-state index is 13.6. The molecule has 1 fully saturated rings. The lowest BCUT2D eigenvalue weighted by atomic mass is 10.1. The summed E-state index contributed by atoms with van der Waals surface area (Å²) < 4.78 is 39.8. The molecule has 1 heterocycles. The van der Waals surface area contributed by atoms with E-state index in [0.29, 0.717) is 38.5 Å². The highest BCUT2D eigenvalue weighted by Crippen LogP contribution is 2.22. The van der Waals surface area contributed by atoms with Gasteiger partial charge in [-0.05, 0) is 67.4 Å². The lowest BCUT2D eigenvalue weighted by Crippen LogP contribution is -2.55. The van der Waals surface area contributed by atoms with Gasteiger partial charge in [0.25, 0.3) is 0 Å². The highest BCUT2D eigenvalue weighted by atomic mass is 32.2. The van der Waals surface area contributed by atoms with Gasteiger partial charge in [-0.1, -0.05) is 30.3 Å². The van der Waals surface area contributed by atoms with Crippen molar-refractivity contribution in [2.24, 2.45) is 0 Å². The number of piperazine rings is 1. The summed E-state index contributed by atoms with van der Waals surface area (Å²) in [7, 11) is -2.30. The molecule has 0 aliphatic carbocycles. The molecule has 8 nitrogen and oxygen atoms in total. The van der Waals surface area contributed by atoms with Gasteiger partial charge in [0.05, 0.1) is 18.6 Å². The zero-order valence-electron chi connectivity index (χ0n) is 21.2. The Morgan fingerprint density at radius 3 is 2.11 bits per heavy atom. The molecule has 0 saturated carbocycles. The lowest BCUT2D eigenvalue weighted by molar-refractivity contribution is -0.133. The average molecular weight is 524 g/mol. The number of benzene rings is 3. The van der Waals surface area contributed by atoms with E-state index >= 15 is 0 Å². The van der Waals surface area contributed by atoms with Gasteiger partial charge in [0.15, 0.2) is 0 Å². The van der Waals surface area contributed by atoms with Crippen LogP contribution in [0.25, 0.3) is 0 Å². The molecule has 1 atom stereocenters. The SMILES string of the molecule is CCOc1ccc(S(=O)(=O)N[C@H](Cc2ccccc2)C(=O)N2CCN(c3ccc(OC)cc3)CC2)cc1. The number of hydrogen-bond donors (Lipinski definition) is 1. The second-order valence-corrected chi connectivity index (χ2v) is 10.5. The molecule has 3 aromatic rings. The molecule has 1 aliphatic heterocycles.